The van der Waals surface area contributed by atoms with Crippen LogP contribution in [0.15, 0.2) is 73.4 Å². The number of anilines is 1. The normalized spacial score (nSPS) is 22.9. The third kappa shape index (κ3) is 3.65. The number of fused-ring (bicyclic) bond motifs is 1. The molecule has 6 nitrogen and oxygen atoms in total. The summed E-state index contributed by atoms with van der Waals surface area (Å²) in [6.45, 7) is 2.64. The van der Waals surface area contributed by atoms with Crippen molar-refractivity contribution in [3.8, 4) is 0 Å². The zero-order valence-electron chi connectivity index (χ0n) is 16.8. The van der Waals surface area contributed by atoms with E-state index in [1.807, 2.05) is 30.5 Å². The molecule has 0 aliphatic carbocycles. The molecule has 2 aliphatic rings. The van der Waals surface area contributed by atoms with Crippen molar-refractivity contribution >= 4 is 11.7 Å². The van der Waals surface area contributed by atoms with Gasteiger partial charge in [0.15, 0.2) is 0 Å². The molecule has 4 heterocycles. The Balaban J connectivity index is 1.36. The van der Waals surface area contributed by atoms with E-state index in [1.165, 1.54) is 5.56 Å². The third-order valence-corrected chi connectivity index (χ3v) is 6.37. The molecule has 2 aromatic heterocycles. The monoisotopic (exact) mass is 399 g/mol. The van der Waals surface area contributed by atoms with Crippen LogP contribution < -0.4 is 4.90 Å². The Morgan fingerprint density at radius 2 is 1.87 bits per heavy atom. The van der Waals surface area contributed by atoms with Gasteiger partial charge in [-0.25, -0.2) is 9.97 Å². The lowest BCUT2D eigenvalue weighted by Gasteiger charge is -2.30. The molecule has 152 valence electrons. The van der Waals surface area contributed by atoms with Crippen LogP contribution in [0.3, 0.4) is 0 Å². The van der Waals surface area contributed by atoms with E-state index in [2.05, 4.69) is 49.0 Å². The standard InChI is InChI=1S/C24H25N5O/c30-23(9-8-18-5-4-11-25-13-18)29-15-20-14-28(22-10-12-26-17-27-22)16-21(20)24(29)19-6-2-1-3-7-19/h1-7,10-13,17,20-21,24H,8-9,14-16H2/t20-,21-,24+/m0/s1. The first-order chi connectivity index (χ1) is 14.8. The van der Waals surface area contributed by atoms with Crippen molar-refractivity contribution in [3.05, 3.63) is 84.6 Å². The molecule has 0 bridgehead atoms. The fourth-order valence-corrected chi connectivity index (χ4v) is 4.98. The second-order valence-electron chi connectivity index (χ2n) is 8.16. The molecule has 2 saturated heterocycles. The molecular weight excluding hydrogens is 374 g/mol. The van der Waals surface area contributed by atoms with Gasteiger partial charge in [-0.05, 0) is 29.7 Å². The maximum Gasteiger partial charge on any atom is 0.223 e. The predicted octanol–water partition coefficient (Wildman–Crippen LogP) is 3.14. The van der Waals surface area contributed by atoms with Gasteiger partial charge in [0.05, 0.1) is 6.04 Å². The van der Waals surface area contributed by atoms with Crippen molar-refractivity contribution in [2.75, 3.05) is 24.5 Å². The quantitative estimate of drug-likeness (QED) is 0.660. The number of aromatic nitrogens is 3. The molecule has 3 aromatic rings. The van der Waals surface area contributed by atoms with Gasteiger partial charge in [-0.1, -0.05) is 36.4 Å². The number of amides is 1. The van der Waals surface area contributed by atoms with Gasteiger partial charge in [-0.3, -0.25) is 9.78 Å². The van der Waals surface area contributed by atoms with Crippen LogP contribution in [-0.4, -0.2) is 45.4 Å². The summed E-state index contributed by atoms with van der Waals surface area (Å²) in [5, 5.41) is 0. The lowest BCUT2D eigenvalue weighted by Crippen LogP contribution is -2.36. The van der Waals surface area contributed by atoms with Gasteiger partial charge < -0.3 is 9.80 Å². The molecule has 1 amide bonds. The van der Waals surface area contributed by atoms with E-state index in [9.17, 15) is 4.79 Å². The zero-order valence-corrected chi connectivity index (χ0v) is 16.8. The van der Waals surface area contributed by atoms with E-state index in [0.717, 1.165) is 37.4 Å². The largest absolute Gasteiger partial charge is 0.356 e. The van der Waals surface area contributed by atoms with E-state index in [4.69, 9.17) is 0 Å². The summed E-state index contributed by atoms with van der Waals surface area (Å²) >= 11 is 0. The van der Waals surface area contributed by atoms with Crippen LogP contribution in [0.25, 0.3) is 0 Å². The number of carbonyl (C=O) groups is 1. The lowest BCUT2D eigenvalue weighted by molar-refractivity contribution is -0.132. The number of carbonyl (C=O) groups excluding carboxylic acids is 1. The van der Waals surface area contributed by atoms with Crippen LogP contribution in [0, 0.1) is 11.8 Å². The number of pyridine rings is 1. The van der Waals surface area contributed by atoms with Gasteiger partial charge >= 0.3 is 0 Å². The minimum absolute atomic E-state index is 0.115. The van der Waals surface area contributed by atoms with Gasteiger partial charge in [0.25, 0.3) is 0 Å². The Bertz CT molecular complexity index is 982. The minimum Gasteiger partial charge on any atom is -0.356 e. The summed E-state index contributed by atoms with van der Waals surface area (Å²) in [6, 6.07) is 16.5. The van der Waals surface area contributed by atoms with Gasteiger partial charge in [0, 0.05) is 56.5 Å². The van der Waals surface area contributed by atoms with Gasteiger partial charge in [0.1, 0.15) is 12.1 Å². The Morgan fingerprint density at radius 1 is 0.967 bits per heavy atom. The van der Waals surface area contributed by atoms with Crippen LogP contribution in [-0.2, 0) is 11.2 Å². The summed E-state index contributed by atoms with van der Waals surface area (Å²) in [5.41, 5.74) is 2.33. The van der Waals surface area contributed by atoms with Gasteiger partial charge in [-0.2, -0.15) is 0 Å². The Hall–Kier alpha value is -3.28. The lowest BCUT2D eigenvalue weighted by atomic mass is 9.89. The van der Waals surface area contributed by atoms with Crippen molar-refractivity contribution in [2.45, 2.75) is 18.9 Å². The first-order valence-corrected chi connectivity index (χ1v) is 10.5. The molecule has 3 atom stereocenters. The molecule has 0 spiro atoms. The zero-order chi connectivity index (χ0) is 20.3. The average molecular weight is 399 g/mol. The van der Waals surface area contributed by atoms with Crippen LogP contribution >= 0.6 is 0 Å². The smallest absolute Gasteiger partial charge is 0.223 e. The Morgan fingerprint density at radius 3 is 2.63 bits per heavy atom. The van der Waals surface area contributed by atoms with Crippen molar-refractivity contribution in [1.82, 2.24) is 19.9 Å². The minimum atomic E-state index is 0.115. The average Bonchev–Trinajstić information content (AvgIpc) is 3.38. The number of nitrogens with zero attached hydrogens (tertiary/aromatic N) is 5. The highest BCUT2D eigenvalue weighted by Crippen LogP contribution is 2.45. The van der Waals surface area contributed by atoms with Crippen LogP contribution in [0.2, 0.25) is 0 Å². The molecule has 2 fully saturated rings. The van der Waals surface area contributed by atoms with E-state index in [1.54, 1.807) is 18.7 Å². The van der Waals surface area contributed by atoms with Crippen molar-refractivity contribution in [2.24, 2.45) is 11.8 Å². The third-order valence-electron chi connectivity index (χ3n) is 6.37. The highest BCUT2D eigenvalue weighted by molar-refractivity contribution is 5.77. The van der Waals surface area contributed by atoms with Crippen LogP contribution in [0.1, 0.15) is 23.6 Å². The summed E-state index contributed by atoms with van der Waals surface area (Å²) < 4.78 is 0. The molecule has 0 saturated carbocycles. The molecule has 5 rings (SSSR count). The van der Waals surface area contributed by atoms with Crippen LogP contribution in [0.4, 0.5) is 5.82 Å². The summed E-state index contributed by atoms with van der Waals surface area (Å²) in [6.07, 6.45) is 8.25. The summed E-state index contributed by atoms with van der Waals surface area (Å²) in [5.74, 6) is 2.06. The van der Waals surface area contributed by atoms with E-state index >= 15 is 0 Å². The second-order valence-corrected chi connectivity index (χ2v) is 8.16. The number of rotatable bonds is 5. The number of likely N-dealkylation sites (tertiary alicyclic amines) is 1. The van der Waals surface area contributed by atoms with Crippen molar-refractivity contribution < 1.29 is 4.79 Å². The predicted molar refractivity (Wildman–Crippen MR) is 115 cm³/mol. The molecule has 6 heteroatoms. The van der Waals surface area contributed by atoms with Crippen molar-refractivity contribution in [3.63, 3.8) is 0 Å². The highest BCUT2D eigenvalue weighted by Gasteiger charge is 2.49. The second kappa shape index (κ2) is 8.22. The molecule has 0 radical (unpaired) electrons. The first-order valence-electron chi connectivity index (χ1n) is 10.5. The van der Waals surface area contributed by atoms with Gasteiger partial charge in [0.2, 0.25) is 5.91 Å². The Labute approximate surface area is 176 Å². The number of hydrogen-bond donors (Lipinski definition) is 0. The molecule has 2 aliphatic heterocycles. The number of aryl methyl sites for hydroxylation is 1. The summed E-state index contributed by atoms with van der Waals surface area (Å²) in [4.78, 5) is 30.4. The number of hydrogen-bond acceptors (Lipinski definition) is 5. The van der Waals surface area contributed by atoms with Crippen LogP contribution in [0.5, 0.6) is 0 Å². The number of benzene rings is 1. The van der Waals surface area contributed by atoms with Gasteiger partial charge in [-0.15, -0.1) is 0 Å². The van der Waals surface area contributed by atoms with E-state index in [-0.39, 0.29) is 11.9 Å². The molecule has 30 heavy (non-hydrogen) atoms. The first kappa shape index (κ1) is 18.7. The summed E-state index contributed by atoms with van der Waals surface area (Å²) in [7, 11) is 0. The maximum atomic E-state index is 13.3. The fourth-order valence-electron chi connectivity index (χ4n) is 4.98. The van der Waals surface area contributed by atoms with E-state index in [0.29, 0.717) is 18.3 Å². The SMILES string of the molecule is O=C(CCc1cccnc1)N1C[C@@H]2CN(c3ccncn3)C[C@@H]2[C@H]1c1ccccc1. The molecule has 1 aromatic carbocycles. The maximum absolute atomic E-state index is 13.3. The molecule has 0 N–H and O–H groups in total. The Kier molecular flexibility index (Phi) is 5.13. The molecular formula is C24H25N5O. The topological polar surface area (TPSA) is 62.2 Å². The van der Waals surface area contributed by atoms with Crippen molar-refractivity contribution in [1.29, 1.82) is 0 Å². The fraction of sp³-hybridized carbons (Fsp3) is 0.333. The van der Waals surface area contributed by atoms with E-state index < -0.39 is 0 Å². The molecule has 0 unspecified atom stereocenters. The highest BCUT2D eigenvalue weighted by atomic mass is 16.2.